The Hall–Kier alpha value is -0.530. The van der Waals surface area contributed by atoms with E-state index in [0.29, 0.717) is 3.70 Å². The number of halogens is 4. The zero-order valence-corrected chi connectivity index (χ0v) is 8.68. The van der Waals surface area contributed by atoms with E-state index in [2.05, 4.69) is 9.72 Å². The lowest BCUT2D eigenvalue weighted by molar-refractivity contribution is -0.276. The third-order valence-corrected chi connectivity index (χ3v) is 2.32. The van der Waals surface area contributed by atoms with Crippen LogP contribution in [0.1, 0.15) is 5.56 Å². The maximum atomic E-state index is 11.7. The summed E-state index contributed by atoms with van der Waals surface area (Å²) in [6.45, 7) is 1.76. The first-order valence-electron chi connectivity index (χ1n) is 3.27. The largest absolute Gasteiger partial charge is 0.574 e. The molecule has 1 aromatic rings. The summed E-state index contributed by atoms with van der Waals surface area (Å²) in [5.41, 5.74) is 0.815. The van der Waals surface area contributed by atoms with Crippen LogP contribution < -0.4 is 4.74 Å². The van der Waals surface area contributed by atoms with Gasteiger partial charge in [-0.25, -0.2) is 4.98 Å². The summed E-state index contributed by atoms with van der Waals surface area (Å²) < 4.78 is 39.2. The van der Waals surface area contributed by atoms with Crippen molar-refractivity contribution in [1.82, 2.24) is 4.98 Å². The monoisotopic (exact) mass is 303 g/mol. The Balaban J connectivity index is 2.86. The van der Waals surface area contributed by atoms with Crippen LogP contribution in [0.5, 0.6) is 5.88 Å². The molecule has 0 spiro atoms. The standard InChI is InChI=1S/C7H5F3INO/c1-4-2-3-5(12-6(4)11)13-7(8,9)10/h2-3H,1H3. The maximum absolute atomic E-state index is 11.7. The van der Waals surface area contributed by atoms with Crippen molar-refractivity contribution < 1.29 is 17.9 Å². The lowest BCUT2D eigenvalue weighted by atomic mass is 10.3. The summed E-state index contributed by atoms with van der Waals surface area (Å²) in [7, 11) is 0. The predicted molar refractivity (Wildman–Crippen MR) is 48.4 cm³/mol. The first kappa shape index (κ1) is 10.6. The lowest BCUT2D eigenvalue weighted by Gasteiger charge is -2.08. The van der Waals surface area contributed by atoms with Gasteiger partial charge in [0, 0.05) is 6.07 Å². The van der Waals surface area contributed by atoms with E-state index in [1.54, 1.807) is 6.92 Å². The summed E-state index contributed by atoms with van der Waals surface area (Å²) in [5, 5.41) is 0. The lowest BCUT2D eigenvalue weighted by Crippen LogP contribution is -2.18. The molecule has 1 heterocycles. The Morgan fingerprint density at radius 1 is 1.38 bits per heavy atom. The number of nitrogens with zero attached hydrogens (tertiary/aromatic N) is 1. The minimum atomic E-state index is -4.68. The Morgan fingerprint density at radius 3 is 2.46 bits per heavy atom. The molecule has 0 bridgehead atoms. The van der Waals surface area contributed by atoms with E-state index < -0.39 is 12.2 Å². The van der Waals surface area contributed by atoms with Gasteiger partial charge in [0.25, 0.3) is 0 Å². The van der Waals surface area contributed by atoms with E-state index in [9.17, 15) is 13.2 Å². The Kier molecular flexibility index (Phi) is 2.99. The molecular formula is C7H5F3INO. The van der Waals surface area contributed by atoms with Gasteiger partial charge in [-0.05, 0) is 35.1 Å². The molecule has 0 aliphatic heterocycles. The first-order valence-corrected chi connectivity index (χ1v) is 4.35. The number of aromatic nitrogens is 1. The zero-order chi connectivity index (χ0) is 10.1. The van der Waals surface area contributed by atoms with Gasteiger partial charge in [-0.15, -0.1) is 13.2 Å². The van der Waals surface area contributed by atoms with E-state index in [4.69, 9.17) is 0 Å². The van der Waals surface area contributed by atoms with Gasteiger partial charge in [-0.2, -0.15) is 0 Å². The smallest absolute Gasteiger partial charge is 0.388 e. The average Bonchev–Trinajstić information content (AvgIpc) is 1.94. The van der Waals surface area contributed by atoms with Crippen molar-refractivity contribution in [3.8, 4) is 5.88 Å². The molecule has 0 aromatic carbocycles. The number of hydrogen-bond donors (Lipinski definition) is 0. The molecule has 0 aliphatic rings. The fourth-order valence-electron chi connectivity index (χ4n) is 0.663. The second kappa shape index (κ2) is 3.69. The highest BCUT2D eigenvalue weighted by Gasteiger charge is 2.31. The fraction of sp³-hybridized carbons (Fsp3) is 0.286. The molecule has 1 aromatic heterocycles. The third kappa shape index (κ3) is 3.37. The second-order valence-electron chi connectivity index (χ2n) is 2.30. The number of aryl methyl sites for hydroxylation is 1. The molecule has 0 fully saturated rings. The van der Waals surface area contributed by atoms with Crippen LogP contribution in [-0.2, 0) is 0 Å². The van der Waals surface area contributed by atoms with E-state index in [1.807, 2.05) is 22.6 Å². The van der Waals surface area contributed by atoms with Crippen molar-refractivity contribution in [2.45, 2.75) is 13.3 Å². The van der Waals surface area contributed by atoms with Crippen LogP contribution in [0.3, 0.4) is 0 Å². The predicted octanol–water partition coefficient (Wildman–Crippen LogP) is 2.89. The number of alkyl halides is 3. The summed E-state index contributed by atoms with van der Waals surface area (Å²) in [4.78, 5) is 3.60. The van der Waals surface area contributed by atoms with Crippen LogP contribution >= 0.6 is 22.6 Å². The molecular weight excluding hydrogens is 298 g/mol. The Morgan fingerprint density at radius 2 is 2.00 bits per heavy atom. The summed E-state index contributed by atoms with van der Waals surface area (Å²) >= 11 is 1.84. The first-order chi connectivity index (χ1) is 5.88. The topological polar surface area (TPSA) is 22.1 Å². The molecule has 72 valence electrons. The number of rotatable bonds is 1. The highest BCUT2D eigenvalue weighted by Crippen LogP contribution is 2.22. The minimum Gasteiger partial charge on any atom is -0.388 e. The average molecular weight is 303 g/mol. The van der Waals surface area contributed by atoms with Gasteiger partial charge < -0.3 is 4.74 Å². The van der Waals surface area contributed by atoms with Crippen LogP contribution in [0.25, 0.3) is 0 Å². The van der Waals surface area contributed by atoms with E-state index in [0.717, 1.165) is 5.56 Å². The Bertz CT molecular complexity index is 313. The van der Waals surface area contributed by atoms with E-state index >= 15 is 0 Å². The molecule has 0 aliphatic carbocycles. The van der Waals surface area contributed by atoms with Gasteiger partial charge in [-0.1, -0.05) is 6.07 Å². The minimum absolute atomic E-state index is 0.428. The van der Waals surface area contributed by atoms with Crippen LogP contribution in [0, 0.1) is 10.6 Å². The van der Waals surface area contributed by atoms with Crippen molar-refractivity contribution >= 4 is 22.6 Å². The molecule has 0 N–H and O–H groups in total. The van der Waals surface area contributed by atoms with E-state index in [-0.39, 0.29) is 0 Å². The van der Waals surface area contributed by atoms with Crippen molar-refractivity contribution in [3.05, 3.63) is 21.4 Å². The number of ether oxygens (including phenoxy) is 1. The van der Waals surface area contributed by atoms with Gasteiger partial charge in [0.1, 0.15) is 3.70 Å². The summed E-state index contributed by atoms with van der Waals surface area (Å²) in [6.07, 6.45) is -4.68. The molecule has 0 saturated carbocycles. The van der Waals surface area contributed by atoms with Crippen LogP contribution in [-0.4, -0.2) is 11.3 Å². The normalized spacial score (nSPS) is 11.5. The maximum Gasteiger partial charge on any atom is 0.574 e. The van der Waals surface area contributed by atoms with Crippen molar-refractivity contribution in [1.29, 1.82) is 0 Å². The van der Waals surface area contributed by atoms with Crippen LogP contribution in [0.2, 0.25) is 0 Å². The fourth-order valence-corrected chi connectivity index (χ4v) is 1.08. The summed E-state index contributed by atoms with van der Waals surface area (Å²) in [6, 6.07) is 2.71. The number of hydrogen-bond acceptors (Lipinski definition) is 2. The van der Waals surface area contributed by atoms with Gasteiger partial charge in [0.2, 0.25) is 5.88 Å². The molecule has 2 nitrogen and oxygen atoms in total. The highest BCUT2D eigenvalue weighted by molar-refractivity contribution is 14.1. The molecule has 0 saturated heterocycles. The molecule has 1 rings (SSSR count). The Labute approximate surface area is 86.3 Å². The molecule has 0 radical (unpaired) electrons. The van der Waals surface area contributed by atoms with Gasteiger partial charge in [0.15, 0.2) is 0 Å². The third-order valence-electron chi connectivity index (χ3n) is 1.23. The van der Waals surface area contributed by atoms with Gasteiger partial charge in [-0.3, -0.25) is 0 Å². The molecule has 6 heteroatoms. The van der Waals surface area contributed by atoms with Crippen LogP contribution in [0.4, 0.5) is 13.2 Å². The molecule has 13 heavy (non-hydrogen) atoms. The van der Waals surface area contributed by atoms with Crippen molar-refractivity contribution in [3.63, 3.8) is 0 Å². The second-order valence-corrected chi connectivity index (χ2v) is 3.33. The molecule has 0 amide bonds. The number of pyridine rings is 1. The quantitative estimate of drug-likeness (QED) is 0.588. The van der Waals surface area contributed by atoms with Crippen molar-refractivity contribution in [2.24, 2.45) is 0 Å². The van der Waals surface area contributed by atoms with Crippen LogP contribution in [0.15, 0.2) is 12.1 Å². The zero-order valence-electron chi connectivity index (χ0n) is 6.52. The van der Waals surface area contributed by atoms with Crippen molar-refractivity contribution in [2.75, 3.05) is 0 Å². The molecule has 0 atom stereocenters. The SMILES string of the molecule is Cc1ccc(OC(F)(F)F)nc1I. The van der Waals surface area contributed by atoms with E-state index in [1.165, 1.54) is 12.1 Å². The summed E-state index contributed by atoms with van der Waals surface area (Å²) in [5.74, 6) is -0.428. The molecule has 0 unspecified atom stereocenters. The van der Waals surface area contributed by atoms with Gasteiger partial charge in [0.05, 0.1) is 0 Å². The highest BCUT2D eigenvalue weighted by atomic mass is 127. The van der Waals surface area contributed by atoms with Gasteiger partial charge >= 0.3 is 6.36 Å².